The second-order valence-electron chi connectivity index (χ2n) is 10.9. The summed E-state index contributed by atoms with van der Waals surface area (Å²) < 4.78 is 6.57. The molecule has 0 aliphatic carbocycles. The second kappa shape index (κ2) is 10.2. The summed E-state index contributed by atoms with van der Waals surface area (Å²) >= 11 is 0. The molecule has 9 aromatic rings. The highest BCUT2D eigenvalue weighted by Crippen LogP contribution is 2.42. The van der Waals surface area contributed by atoms with Crippen molar-refractivity contribution in [2.45, 2.75) is 0 Å². The molecule has 5 aromatic carbocycles. The number of rotatable bonds is 4. The normalized spacial score (nSPS) is 11.6. The lowest BCUT2D eigenvalue weighted by Gasteiger charge is -2.13. The van der Waals surface area contributed by atoms with Gasteiger partial charge in [-0.3, -0.25) is 9.97 Å². The van der Waals surface area contributed by atoms with E-state index in [1.807, 2.05) is 103 Å². The van der Waals surface area contributed by atoms with Gasteiger partial charge in [-0.15, -0.1) is 0 Å². The summed E-state index contributed by atoms with van der Waals surface area (Å²) in [7, 11) is 0. The molecule has 0 fully saturated rings. The van der Waals surface area contributed by atoms with Crippen molar-refractivity contribution in [3.63, 3.8) is 0 Å². The summed E-state index contributed by atoms with van der Waals surface area (Å²) in [6, 6.07) is 42.6. The Morgan fingerprint density at radius 2 is 1.11 bits per heavy atom. The molecule has 0 spiro atoms. The van der Waals surface area contributed by atoms with E-state index in [4.69, 9.17) is 29.3 Å². The van der Waals surface area contributed by atoms with Crippen molar-refractivity contribution >= 4 is 43.7 Å². The van der Waals surface area contributed by atoms with Gasteiger partial charge in [-0.25, -0.2) is 15.0 Å². The van der Waals surface area contributed by atoms with E-state index in [1.165, 1.54) is 0 Å². The van der Waals surface area contributed by atoms with Gasteiger partial charge in [0.2, 0.25) is 0 Å². The quantitative estimate of drug-likeness (QED) is 0.194. The zero-order chi connectivity index (χ0) is 29.7. The lowest BCUT2D eigenvalue weighted by molar-refractivity contribution is 0.669. The Morgan fingerprint density at radius 3 is 1.89 bits per heavy atom. The van der Waals surface area contributed by atoms with Crippen LogP contribution in [0.4, 0.5) is 0 Å². The van der Waals surface area contributed by atoms with Crippen molar-refractivity contribution in [2.75, 3.05) is 0 Å². The smallest absolute Gasteiger partial charge is 0.167 e. The number of para-hydroxylation sites is 1. The van der Waals surface area contributed by atoms with E-state index < -0.39 is 0 Å². The van der Waals surface area contributed by atoms with Crippen LogP contribution in [0, 0.1) is 0 Å². The van der Waals surface area contributed by atoms with E-state index >= 15 is 0 Å². The van der Waals surface area contributed by atoms with Gasteiger partial charge in [0.05, 0.1) is 16.6 Å². The number of fused-ring (bicyclic) bond motifs is 5. The molecule has 4 aromatic heterocycles. The van der Waals surface area contributed by atoms with Gasteiger partial charge in [-0.2, -0.15) is 0 Å². The first-order valence-corrected chi connectivity index (χ1v) is 14.8. The number of hydrogen-bond acceptors (Lipinski definition) is 6. The van der Waals surface area contributed by atoms with Crippen LogP contribution in [0.25, 0.3) is 89.0 Å². The molecule has 0 saturated carbocycles. The van der Waals surface area contributed by atoms with Crippen molar-refractivity contribution < 1.29 is 4.42 Å². The molecule has 0 amide bonds. The number of nitrogens with zero attached hydrogens (tertiary/aromatic N) is 5. The zero-order valence-electron chi connectivity index (χ0n) is 23.9. The summed E-state index contributed by atoms with van der Waals surface area (Å²) in [4.78, 5) is 24.6. The minimum absolute atomic E-state index is 0.532. The summed E-state index contributed by atoms with van der Waals surface area (Å²) in [5.74, 6) is 1.72. The Morgan fingerprint density at radius 1 is 0.467 bits per heavy atom. The van der Waals surface area contributed by atoms with E-state index in [0.29, 0.717) is 17.5 Å². The number of furan rings is 1. The summed E-state index contributed by atoms with van der Waals surface area (Å²) in [6.07, 6.45) is 3.67. The van der Waals surface area contributed by atoms with Crippen LogP contribution in [-0.2, 0) is 0 Å². The molecule has 0 radical (unpaired) electrons. The van der Waals surface area contributed by atoms with Gasteiger partial charge < -0.3 is 4.42 Å². The number of aromatic nitrogens is 5. The SMILES string of the molecule is c1ccc(-c2nc(-c3ccccc3)nc(-c3cc(-c4c5cccnc5cc5cccnc45)cc4c3oc3ccccc34)n2)cc1. The number of pyridine rings is 2. The van der Waals surface area contributed by atoms with Crippen LogP contribution < -0.4 is 0 Å². The lowest BCUT2D eigenvalue weighted by atomic mass is 9.93. The highest BCUT2D eigenvalue weighted by atomic mass is 16.3. The largest absolute Gasteiger partial charge is 0.455 e. The minimum Gasteiger partial charge on any atom is -0.455 e. The molecule has 0 aliphatic rings. The summed E-state index contributed by atoms with van der Waals surface area (Å²) in [6.45, 7) is 0. The molecule has 0 saturated heterocycles. The standard InChI is InChI=1S/C39H23N5O/c1-3-11-24(12-4-1)37-42-38(25-13-5-2-6-14-25)44-39(43-37)31-22-27(21-30-28-16-7-8-18-33(28)45-36(30)31)34-29-17-10-19-40-32(29)23-26-15-9-20-41-35(26)34/h1-23H. The fraction of sp³-hybridized carbons (Fsp3) is 0. The predicted octanol–water partition coefficient (Wildman–Crippen LogP) is 9.54. The molecule has 0 aliphatic heterocycles. The molecule has 0 bridgehead atoms. The van der Waals surface area contributed by atoms with Crippen LogP contribution in [0.5, 0.6) is 0 Å². The van der Waals surface area contributed by atoms with Crippen molar-refractivity contribution in [3.8, 4) is 45.3 Å². The van der Waals surface area contributed by atoms with Crippen molar-refractivity contribution in [1.29, 1.82) is 0 Å². The minimum atomic E-state index is 0.532. The Labute approximate surface area is 257 Å². The van der Waals surface area contributed by atoms with Crippen LogP contribution in [0.15, 0.2) is 144 Å². The zero-order valence-corrected chi connectivity index (χ0v) is 23.9. The molecule has 0 unspecified atom stereocenters. The van der Waals surface area contributed by atoms with E-state index in [1.54, 1.807) is 0 Å². The van der Waals surface area contributed by atoms with Gasteiger partial charge in [-0.1, -0.05) is 91.0 Å². The van der Waals surface area contributed by atoms with Crippen molar-refractivity contribution in [3.05, 3.63) is 140 Å². The van der Waals surface area contributed by atoms with Gasteiger partial charge in [0, 0.05) is 50.6 Å². The van der Waals surface area contributed by atoms with Gasteiger partial charge in [0.1, 0.15) is 11.2 Å². The van der Waals surface area contributed by atoms with Gasteiger partial charge in [-0.05, 0) is 42.0 Å². The van der Waals surface area contributed by atoms with E-state index in [2.05, 4.69) is 36.4 Å². The molecule has 210 valence electrons. The van der Waals surface area contributed by atoms with Gasteiger partial charge >= 0.3 is 0 Å². The first-order valence-electron chi connectivity index (χ1n) is 14.8. The van der Waals surface area contributed by atoms with E-state index in [-0.39, 0.29) is 0 Å². The van der Waals surface area contributed by atoms with Crippen LogP contribution >= 0.6 is 0 Å². The topological polar surface area (TPSA) is 77.6 Å². The molecule has 6 nitrogen and oxygen atoms in total. The summed E-state index contributed by atoms with van der Waals surface area (Å²) in [5, 5.41) is 4.04. The van der Waals surface area contributed by atoms with E-state index in [9.17, 15) is 0 Å². The molecule has 6 heteroatoms. The maximum atomic E-state index is 6.57. The van der Waals surface area contributed by atoms with E-state index in [0.717, 1.165) is 71.6 Å². The molecule has 0 atom stereocenters. The highest BCUT2D eigenvalue weighted by molar-refractivity contribution is 6.15. The monoisotopic (exact) mass is 577 g/mol. The maximum Gasteiger partial charge on any atom is 0.167 e. The molecule has 4 heterocycles. The Kier molecular flexibility index (Phi) is 5.71. The van der Waals surface area contributed by atoms with Gasteiger partial charge in [0.25, 0.3) is 0 Å². The van der Waals surface area contributed by atoms with Gasteiger partial charge in [0.15, 0.2) is 17.5 Å². The average Bonchev–Trinajstić information content (AvgIpc) is 3.49. The van der Waals surface area contributed by atoms with Crippen LogP contribution in [-0.4, -0.2) is 24.9 Å². The predicted molar refractivity (Wildman–Crippen MR) is 179 cm³/mol. The molecule has 45 heavy (non-hydrogen) atoms. The fourth-order valence-electron chi connectivity index (χ4n) is 6.12. The third-order valence-corrected chi connectivity index (χ3v) is 8.18. The summed E-state index contributed by atoms with van der Waals surface area (Å²) in [5.41, 5.74) is 7.91. The lowest BCUT2D eigenvalue weighted by Crippen LogP contribution is -2.00. The van der Waals surface area contributed by atoms with Crippen LogP contribution in [0.2, 0.25) is 0 Å². The average molecular weight is 578 g/mol. The first kappa shape index (κ1) is 25.2. The molecular weight excluding hydrogens is 554 g/mol. The fourth-order valence-corrected chi connectivity index (χ4v) is 6.12. The maximum absolute atomic E-state index is 6.57. The van der Waals surface area contributed by atoms with Crippen molar-refractivity contribution in [2.24, 2.45) is 0 Å². The molecule has 0 N–H and O–H groups in total. The van der Waals surface area contributed by atoms with Crippen molar-refractivity contribution in [1.82, 2.24) is 24.9 Å². The van der Waals surface area contributed by atoms with Crippen LogP contribution in [0.3, 0.4) is 0 Å². The third-order valence-electron chi connectivity index (χ3n) is 8.18. The number of hydrogen-bond donors (Lipinski definition) is 0. The molecule has 9 rings (SSSR count). The second-order valence-corrected chi connectivity index (χ2v) is 10.9. The number of benzene rings is 5. The Hall–Kier alpha value is -6.27. The Balaban J connectivity index is 1.40. The molecular formula is C39H23N5O. The third kappa shape index (κ3) is 4.23. The Bertz CT molecular complexity index is 2430. The van der Waals surface area contributed by atoms with Crippen LogP contribution in [0.1, 0.15) is 0 Å². The first-order chi connectivity index (χ1) is 22.3. The highest BCUT2D eigenvalue weighted by Gasteiger charge is 2.21.